The summed E-state index contributed by atoms with van der Waals surface area (Å²) in [5.74, 6) is -1.72. The third kappa shape index (κ3) is 5.40. The van der Waals surface area contributed by atoms with Gasteiger partial charge in [0, 0.05) is 25.2 Å². The molecule has 0 atom stereocenters. The van der Waals surface area contributed by atoms with Crippen LogP contribution in [0.15, 0.2) is 18.2 Å². The maximum Gasteiger partial charge on any atom is 0.340 e. The van der Waals surface area contributed by atoms with Gasteiger partial charge in [0.2, 0.25) is 0 Å². The quantitative estimate of drug-likeness (QED) is 0.409. The van der Waals surface area contributed by atoms with Gasteiger partial charge in [0.05, 0.1) is 28.0 Å². The van der Waals surface area contributed by atoms with Crippen molar-refractivity contribution in [3.8, 4) is 0 Å². The molecule has 2 rings (SSSR count). The predicted molar refractivity (Wildman–Crippen MR) is 94.3 cm³/mol. The van der Waals surface area contributed by atoms with E-state index >= 15 is 0 Å². The molecule has 1 fully saturated rings. The van der Waals surface area contributed by atoms with Gasteiger partial charge in [-0.3, -0.25) is 19.7 Å². The first-order valence-electron chi connectivity index (χ1n) is 8.39. The number of rotatable bonds is 6. The summed E-state index contributed by atoms with van der Waals surface area (Å²) < 4.78 is 9.93. The first-order valence-corrected chi connectivity index (χ1v) is 8.76. The summed E-state index contributed by atoms with van der Waals surface area (Å²) in [7, 11) is 0. The van der Waals surface area contributed by atoms with E-state index in [9.17, 15) is 24.5 Å². The molecule has 0 N–H and O–H groups in total. The van der Waals surface area contributed by atoms with Crippen LogP contribution in [-0.2, 0) is 19.1 Å². The first-order chi connectivity index (χ1) is 12.8. The molecule has 1 aromatic rings. The summed E-state index contributed by atoms with van der Waals surface area (Å²) in [6.45, 7) is 2.33. The van der Waals surface area contributed by atoms with E-state index in [1.807, 2.05) is 0 Å². The van der Waals surface area contributed by atoms with Crippen LogP contribution in [0, 0.1) is 16.0 Å². The molecule has 0 saturated carbocycles. The molecule has 1 aliphatic heterocycles. The molecular weight excluding hydrogens is 380 g/mol. The number of hydrogen-bond donors (Lipinski definition) is 0. The summed E-state index contributed by atoms with van der Waals surface area (Å²) in [4.78, 5) is 47.5. The number of non-ortho nitro benzene ring substituents is 1. The second kappa shape index (κ2) is 9.31. The second-order valence-corrected chi connectivity index (χ2v) is 6.31. The van der Waals surface area contributed by atoms with Crippen LogP contribution in [0.3, 0.4) is 0 Å². The van der Waals surface area contributed by atoms with Crippen LogP contribution in [0.4, 0.5) is 5.69 Å². The van der Waals surface area contributed by atoms with E-state index in [-0.39, 0.29) is 34.1 Å². The number of benzene rings is 1. The average molecular weight is 399 g/mol. The molecule has 0 unspecified atom stereocenters. The number of esters is 2. The number of nitro benzene ring substituents is 1. The maximum atomic E-state index is 12.2. The van der Waals surface area contributed by atoms with E-state index in [1.54, 1.807) is 6.92 Å². The number of amides is 1. The molecule has 1 heterocycles. The number of nitrogens with zero attached hydrogens (tertiary/aromatic N) is 2. The van der Waals surface area contributed by atoms with E-state index in [0.717, 1.165) is 12.1 Å². The van der Waals surface area contributed by atoms with E-state index < -0.39 is 17.5 Å². The van der Waals surface area contributed by atoms with Crippen molar-refractivity contribution in [1.82, 2.24) is 4.90 Å². The minimum Gasteiger partial charge on any atom is -0.466 e. The van der Waals surface area contributed by atoms with Crippen LogP contribution in [0.5, 0.6) is 0 Å². The highest BCUT2D eigenvalue weighted by Gasteiger charge is 2.28. The lowest BCUT2D eigenvalue weighted by Gasteiger charge is -2.30. The van der Waals surface area contributed by atoms with Crippen molar-refractivity contribution in [3.05, 3.63) is 38.9 Å². The van der Waals surface area contributed by atoms with Gasteiger partial charge in [-0.15, -0.1) is 0 Å². The molecule has 1 saturated heterocycles. The number of nitro groups is 1. The third-order valence-corrected chi connectivity index (χ3v) is 4.49. The molecule has 1 aromatic carbocycles. The van der Waals surface area contributed by atoms with Gasteiger partial charge in [-0.25, -0.2) is 4.79 Å². The molecule has 1 aliphatic rings. The standard InChI is InChI=1S/C17H19ClN2O7/c1-2-26-16(22)11-5-7-19(8-6-11)15(21)10-27-17(23)13-4-3-12(20(24)25)9-14(13)18/h3-4,9,11H,2,5-8,10H2,1H3. The number of hydrogen-bond acceptors (Lipinski definition) is 7. The van der Waals surface area contributed by atoms with Crippen LogP contribution in [-0.4, -0.2) is 54.0 Å². The number of halogens is 1. The lowest BCUT2D eigenvalue weighted by Crippen LogP contribution is -2.42. The monoisotopic (exact) mass is 398 g/mol. The van der Waals surface area contributed by atoms with Gasteiger partial charge in [-0.2, -0.15) is 0 Å². The summed E-state index contributed by atoms with van der Waals surface area (Å²) in [6, 6.07) is 3.35. The minimum atomic E-state index is -0.843. The largest absolute Gasteiger partial charge is 0.466 e. The number of likely N-dealkylation sites (tertiary alicyclic amines) is 1. The molecule has 0 aliphatic carbocycles. The smallest absolute Gasteiger partial charge is 0.340 e. The molecular formula is C17H19ClN2O7. The fraction of sp³-hybridized carbons (Fsp3) is 0.471. The fourth-order valence-electron chi connectivity index (χ4n) is 2.70. The Balaban J connectivity index is 1.84. The molecule has 0 spiro atoms. The Bertz CT molecular complexity index is 745. The zero-order valence-corrected chi connectivity index (χ0v) is 15.4. The van der Waals surface area contributed by atoms with E-state index in [2.05, 4.69) is 0 Å². The Morgan fingerprint density at radius 3 is 2.48 bits per heavy atom. The number of carbonyl (C=O) groups is 3. The van der Waals surface area contributed by atoms with Gasteiger partial charge in [0.15, 0.2) is 6.61 Å². The van der Waals surface area contributed by atoms with E-state index in [0.29, 0.717) is 32.5 Å². The molecule has 0 radical (unpaired) electrons. The highest BCUT2D eigenvalue weighted by molar-refractivity contribution is 6.33. The first kappa shape index (κ1) is 20.6. The highest BCUT2D eigenvalue weighted by Crippen LogP contribution is 2.23. The van der Waals surface area contributed by atoms with Crippen LogP contribution >= 0.6 is 11.6 Å². The minimum absolute atomic E-state index is 0.0592. The van der Waals surface area contributed by atoms with Gasteiger partial charge in [-0.1, -0.05) is 11.6 Å². The Labute approximate surface area is 160 Å². The zero-order valence-electron chi connectivity index (χ0n) is 14.7. The Morgan fingerprint density at radius 2 is 1.93 bits per heavy atom. The van der Waals surface area contributed by atoms with Crippen molar-refractivity contribution in [3.63, 3.8) is 0 Å². The van der Waals surface area contributed by atoms with Crippen LogP contribution in [0.1, 0.15) is 30.1 Å². The Morgan fingerprint density at radius 1 is 1.26 bits per heavy atom. The topological polar surface area (TPSA) is 116 Å². The van der Waals surface area contributed by atoms with Crippen molar-refractivity contribution in [2.24, 2.45) is 5.92 Å². The highest BCUT2D eigenvalue weighted by atomic mass is 35.5. The van der Waals surface area contributed by atoms with Gasteiger partial charge in [0.1, 0.15) is 0 Å². The van der Waals surface area contributed by atoms with Crippen LogP contribution in [0.2, 0.25) is 5.02 Å². The van der Waals surface area contributed by atoms with Crippen molar-refractivity contribution in [1.29, 1.82) is 0 Å². The van der Waals surface area contributed by atoms with Gasteiger partial charge in [0.25, 0.3) is 11.6 Å². The Kier molecular flexibility index (Phi) is 7.12. The average Bonchev–Trinajstić information content (AvgIpc) is 2.66. The van der Waals surface area contributed by atoms with Gasteiger partial charge < -0.3 is 14.4 Å². The summed E-state index contributed by atoms with van der Waals surface area (Å²) in [6.07, 6.45) is 0.986. The SMILES string of the molecule is CCOC(=O)C1CCN(C(=O)COC(=O)c2ccc([N+](=O)[O-])cc2Cl)CC1. The molecule has 10 heteroatoms. The third-order valence-electron chi connectivity index (χ3n) is 4.18. The van der Waals surface area contributed by atoms with Gasteiger partial charge in [-0.05, 0) is 25.8 Å². The molecule has 9 nitrogen and oxygen atoms in total. The van der Waals surface area contributed by atoms with Crippen LogP contribution in [0.25, 0.3) is 0 Å². The lowest BCUT2D eigenvalue weighted by molar-refractivity contribution is -0.384. The summed E-state index contributed by atoms with van der Waals surface area (Å²) in [5, 5.41) is 10.5. The second-order valence-electron chi connectivity index (χ2n) is 5.90. The molecule has 0 aromatic heterocycles. The fourth-order valence-corrected chi connectivity index (χ4v) is 2.96. The molecule has 0 bridgehead atoms. The summed E-state index contributed by atoms with van der Waals surface area (Å²) >= 11 is 5.86. The van der Waals surface area contributed by atoms with Crippen molar-refractivity contribution < 1.29 is 28.8 Å². The van der Waals surface area contributed by atoms with Crippen molar-refractivity contribution >= 4 is 35.1 Å². The lowest BCUT2D eigenvalue weighted by atomic mass is 9.97. The maximum absolute atomic E-state index is 12.2. The number of carbonyl (C=O) groups excluding carboxylic acids is 3. The number of piperidine rings is 1. The normalized spacial score (nSPS) is 14.5. The van der Waals surface area contributed by atoms with Crippen LogP contribution < -0.4 is 0 Å². The summed E-state index contributed by atoms with van der Waals surface area (Å²) in [5.41, 5.74) is -0.312. The molecule has 1 amide bonds. The van der Waals surface area contributed by atoms with Crippen molar-refractivity contribution in [2.45, 2.75) is 19.8 Å². The zero-order chi connectivity index (χ0) is 20.0. The Hall–Kier alpha value is -2.68. The number of ether oxygens (including phenoxy) is 2. The van der Waals surface area contributed by atoms with Crippen molar-refractivity contribution in [2.75, 3.05) is 26.3 Å². The molecule has 146 valence electrons. The van der Waals surface area contributed by atoms with E-state index in [1.165, 1.54) is 11.0 Å². The van der Waals surface area contributed by atoms with Gasteiger partial charge >= 0.3 is 11.9 Å². The molecule has 27 heavy (non-hydrogen) atoms. The predicted octanol–water partition coefficient (Wildman–Crippen LogP) is 2.21. The van der Waals surface area contributed by atoms with E-state index in [4.69, 9.17) is 21.1 Å².